The third-order valence-electron chi connectivity index (χ3n) is 2.44. The smallest absolute Gasteiger partial charge is 0.294 e. The fourth-order valence-corrected chi connectivity index (χ4v) is 1.47. The summed E-state index contributed by atoms with van der Waals surface area (Å²) < 4.78 is 12.7. The first-order valence-electron chi connectivity index (χ1n) is 5.40. The Bertz CT molecular complexity index is 639. The van der Waals surface area contributed by atoms with Crippen LogP contribution >= 0.6 is 0 Å². The summed E-state index contributed by atoms with van der Waals surface area (Å²) in [4.78, 5) is 14.2. The second-order valence-corrected chi connectivity index (χ2v) is 3.81. The summed E-state index contributed by atoms with van der Waals surface area (Å²) in [7, 11) is 0. The van der Waals surface area contributed by atoms with E-state index in [0.717, 1.165) is 0 Å². The SMILES string of the molecule is Nc1ccc(/N=C/c2ccc(F)cc2)cc1[N+](=O)[O-]. The van der Waals surface area contributed by atoms with Gasteiger partial charge in [-0.25, -0.2) is 4.39 Å². The van der Waals surface area contributed by atoms with Crippen molar-refractivity contribution in [2.24, 2.45) is 4.99 Å². The van der Waals surface area contributed by atoms with E-state index >= 15 is 0 Å². The molecule has 0 spiro atoms. The van der Waals surface area contributed by atoms with Crippen molar-refractivity contribution in [3.8, 4) is 0 Å². The molecule has 0 saturated heterocycles. The van der Waals surface area contributed by atoms with E-state index in [4.69, 9.17) is 5.73 Å². The Balaban J connectivity index is 2.26. The molecule has 0 radical (unpaired) electrons. The van der Waals surface area contributed by atoms with Gasteiger partial charge in [0.15, 0.2) is 0 Å². The van der Waals surface area contributed by atoms with Crippen LogP contribution in [0.25, 0.3) is 0 Å². The molecule has 2 aromatic rings. The van der Waals surface area contributed by atoms with Gasteiger partial charge in [-0.05, 0) is 29.8 Å². The molecule has 0 aliphatic carbocycles. The van der Waals surface area contributed by atoms with E-state index in [1.165, 1.54) is 30.5 Å². The molecule has 0 amide bonds. The second kappa shape index (κ2) is 5.26. The summed E-state index contributed by atoms with van der Waals surface area (Å²) >= 11 is 0. The van der Waals surface area contributed by atoms with E-state index in [2.05, 4.69) is 4.99 Å². The van der Waals surface area contributed by atoms with Gasteiger partial charge in [0.25, 0.3) is 5.69 Å². The maximum Gasteiger partial charge on any atom is 0.294 e. The van der Waals surface area contributed by atoms with Crippen LogP contribution in [0.2, 0.25) is 0 Å². The number of nitrogens with zero attached hydrogens (tertiary/aromatic N) is 2. The lowest BCUT2D eigenvalue weighted by atomic mass is 10.2. The van der Waals surface area contributed by atoms with Gasteiger partial charge in [0.1, 0.15) is 11.5 Å². The van der Waals surface area contributed by atoms with Gasteiger partial charge in [-0.15, -0.1) is 0 Å². The minimum atomic E-state index is -0.563. The van der Waals surface area contributed by atoms with Gasteiger partial charge in [-0.2, -0.15) is 0 Å². The van der Waals surface area contributed by atoms with Gasteiger partial charge < -0.3 is 5.73 Å². The predicted octanol–water partition coefficient (Wildman–Crippen LogP) is 3.07. The number of halogens is 1. The molecule has 6 heteroatoms. The van der Waals surface area contributed by atoms with Crippen LogP contribution in [-0.2, 0) is 0 Å². The average molecular weight is 259 g/mol. The average Bonchev–Trinajstić information content (AvgIpc) is 2.39. The molecule has 2 aromatic carbocycles. The summed E-state index contributed by atoms with van der Waals surface area (Å²) in [5.74, 6) is -0.333. The number of aliphatic imine (C=N–C) groups is 1. The first-order chi connectivity index (χ1) is 9.06. The summed E-state index contributed by atoms with van der Waals surface area (Å²) in [5.41, 5.74) is 6.48. The van der Waals surface area contributed by atoms with E-state index in [0.29, 0.717) is 11.3 Å². The zero-order valence-corrected chi connectivity index (χ0v) is 9.79. The lowest BCUT2D eigenvalue weighted by Gasteiger charge is -1.98. The molecule has 0 unspecified atom stereocenters. The molecule has 0 aliphatic heterocycles. The highest BCUT2D eigenvalue weighted by molar-refractivity contribution is 5.82. The number of nitrogen functional groups attached to an aromatic ring is 1. The number of hydrogen-bond donors (Lipinski definition) is 1. The molecular weight excluding hydrogens is 249 g/mol. The molecule has 0 saturated carbocycles. The van der Waals surface area contributed by atoms with Crippen molar-refractivity contribution in [3.05, 3.63) is 64.0 Å². The predicted molar refractivity (Wildman–Crippen MR) is 71.2 cm³/mol. The van der Waals surface area contributed by atoms with Gasteiger partial charge in [0, 0.05) is 12.3 Å². The Kier molecular flexibility index (Phi) is 3.51. The summed E-state index contributed by atoms with van der Waals surface area (Å²) in [6, 6.07) is 10.0. The Morgan fingerprint density at radius 3 is 2.53 bits per heavy atom. The monoisotopic (exact) mass is 259 g/mol. The number of anilines is 1. The standard InChI is InChI=1S/C13H10FN3O2/c14-10-3-1-9(2-4-10)8-16-11-5-6-12(15)13(7-11)17(18)19/h1-8H,15H2/b16-8+. The number of nitro benzene ring substituents is 1. The summed E-state index contributed by atoms with van der Waals surface area (Å²) in [6.45, 7) is 0. The van der Waals surface area contributed by atoms with E-state index in [1.807, 2.05) is 0 Å². The normalized spacial score (nSPS) is 10.8. The van der Waals surface area contributed by atoms with Gasteiger partial charge in [0.2, 0.25) is 0 Å². The van der Waals surface area contributed by atoms with Crippen LogP contribution in [0.15, 0.2) is 47.5 Å². The van der Waals surface area contributed by atoms with Crippen molar-refractivity contribution in [1.82, 2.24) is 0 Å². The van der Waals surface area contributed by atoms with Crippen molar-refractivity contribution in [2.45, 2.75) is 0 Å². The number of hydrogen-bond acceptors (Lipinski definition) is 4. The Hall–Kier alpha value is -2.76. The van der Waals surface area contributed by atoms with Crippen LogP contribution in [0.3, 0.4) is 0 Å². The maximum atomic E-state index is 12.7. The first-order valence-corrected chi connectivity index (χ1v) is 5.40. The van der Waals surface area contributed by atoms with Gasteiger partial charge in [-0.1, -0.05) is 12.1 Å². The Labute approximate surface area is 108 Å². The molecule has 0 aliphatic rings. The molecule has 5 nitrogen and oxygen atoms in total. The van der Waals surface area contributed by atoms with E-state index in [9.17, 15) is 14.5 Å². The van der Waals surface area contributed by atoms with Crippen LogP contribution in [-0.4, -0.2) is 11.1 Å². The molecule has 0 heterocycles. The molecule has 0 bridgehead atoms. The molecule has 19 heavy (non-hydrogen) atoms. The van der Waals surface area contributed by atoms with Crippen molar-refractivity contribution in [1.29, 1.82) is 0 Å². The minimum Gasteiger partial charge on any atom is -0.393 e. The molecule has 2 N–H and O–H groups in total. The summed E-state index contributed by atoms with van der Waals surface area (Å²) in [5, 5.41) is 10.7. The van der Waals surface area contributed by atoms with Crippen LogP contribution in [0, 0.1) is 15.9 Å². The molecular formula is C13H10FN3O2. The van der Waals surface area contributed by atoms with Gasteiger partial charge in [-0.3, -0.25) is 15.1 Å². The van der Waals surface area contributed by atoms with Crippen molar-refractivity contribution in [3.63, 3.8) is 0 Å². The van der Waals surface area contributed by atoms with E-state index in [-0.39, 0.29) is 17.2 Å². The maximum absolute atomic E-state index is 12.7. The topological polar surface area (TPSA) is 81.5 Å². The number of rotatable bonds is 3. The van der Waals surface area contributed by atoms with Gasteiger partial charge in [0.05, 0.1) is 10.6 Å². The lowest BCUT2D eigenvalue weighted by molar-refractivity contribution is -0.383. The molecule has 0 atom stereocenters. The van der Waals surface area contributed by atoms with Crippen LogP contribution in [0.4, 0.5) is 21.5 Å². The van der Waals surface area contributed by atoms with Crippen LogP contribution in [0.1, 0.15) is 5.56 Å². The molecule has 0 aromatic heterocycles. The molecule has 2 rings (SSSR count). The molecule has 0 fully saturated rings. The van der Waals surface area contributed by atoms with Crippen molar-refractivity contribution < 1.29 is 9.31 Å². The number of nitro groups is 1. The molecule has 96 valence electrons. The number of benzene rings is 2. The van der Waals surface area contributed by atoms with Crippen molar-refractivity contribution in [2.75, 3.05) is 5.73 Å². The fraction of sp³-hybridized carbons (Fsp3) is 0. The number of nitrogens with two attached hydrogens (primary N) is 1. The zero-order chi connectivity index (χ0) is 13.8. The Morgan fingerprint density at radius 1 is 1.21 bits per heavy atom. The third kappa shape index (κ3) is 3.12. The Morgan fingerprint density at radius 2 is 1.89 bits per heavy atom. The zero-order valence-electron chi connectivity index (χ0n) is 9.79. The van der Waals surface area contributed by atoms with Crippen LogP contribution in [0.5, 0.6) is 0 Å². The second-order valence-electron chi connectivity index (χ2n) is 3.81. The highest BCUT2D eigenvalue weighted by atomic mass is 19.1. The first kappa shape index (κ1) is 12.7. The van der Waals surface area contributed by atoms with E-state index in [1.54, 1.807) is 18.2 Å². The van der Waals surface area contributed by atoms with Crippen molar-refractivity contribution >= 4 is 23.3 Å². The fourth-order valence-electron chi connectivity index (χ4n) is 1.47. The van der Waals surface area contributed by atoms with Crippen LogP contribution < -0.4 is 5.73 Å². The minimum absolute atomic E-state index is 0.0886. The largest absolute Gasteiger partial charge is 0.393 e. The van der Waals surface area contributed by atoms with Gasteiger partial charge >= 0.3 is 0 Å². The highest BCUT2D eigenvalue weighted by Crippen LogP contribution is 2.26. The lowest BCUT2D eigenvalue weighted by Crippen LogP contribution is -1.94. The third-order valence-corrected chi connectivity index (χ3v) is 2.44. The van der Waals surface area contributed by atoms with E-state index < -0.39 is 4.92 Å². The quantitative estimate of drug-likeness (QED) is 0.398. The summed E-state index contributed by atoms with van der Waals surface area (Å²) in [6.07, 6.45) is 1.49. The highest BCUT2D eigenvalue weighted by Gasteiger charge is 2.11.